The molecule has 0 bridgehead atoms. The van der Waals surface area contributed by atoms with Crippen LogP contribution in [0.3, 0.4) is 0 Å². The minimum atomic E-state index is -0.574. The van der Waals surface area contributed by atoms with Gasteiger partial charge in [-0.25, -0.2) is 9.36 Å². The molecule has 4 rings (SSSR count). The second kappa shape index (κ2) is 5.70. The van der Waals surface area contributed by atoms with Crippen molar-refractivity contribution in [3.05, 3.63) is 83.3 Å². The molecule has 2 aromatic carbocycles. The van der Waals surface area contributed by atoms with Crippen LogP contribution in [-0.2, 0) is 6.54 Å². The first-order valence-electron chi connectivity index (χ1n) is 7.52. The van der Waals surface area contributed by atoms with Crippen LogP contribution in [0.25, 0.3) is 21.9 Å². The standard InChI is InChI=1S/C19H14N2O3/c22-18-12-24-19(23)21(18)11-13-5-7-14(8-6-13)17-10-20-9-15-3-1-2-4-16(15)17/h1-10,12,22H,11H2. The van der Waals surface area contributed by atoms with Crippen molar-refractivity contribution in [3.8, 4) is 17.0 Å². The van der Waals surface area contributed by atoms with E-state index in [0.717, 1.165) is 33.7 Å². The van der Waals surface area contributed by atoms with Crippen LogP contribution < -0.4 is 5.76 Å². The van der Waals surface area contributed by atoms with E-state index in [4.69, 9.17) is 0 Å². The molecule has 0 aliphatic heterocycles. The molecule has 2 aromatic heterocycles. The van der Waals surface area contributed by atoms with Crippen LogP contribution in [0, 0.1) is 0 Å². The Morgan fingerprint density at radius 2 is 1.83 bits per heavy atom. The van der Waals surface area contributed by atoms with Crippen LogP contribution in [0.4, 0.5) is 0 Å². The van der Waals surface area contributed by atoms with Gasteiger partial charge in [0.05, 0.1) is 6.54 Å². The molecular weight excluding hydrogens is 304 g/mol. The number of benzene rings is 2. The van der Waals surface area contributed by atoms with Gasteiger partial charge in [-0.1, -0.05) is 48.5 Å². The highest BCUT2D eigenvalue weighted by Crippen LogP contribution is 2.27. The number of nitrogens with zero attached hydrogens (tertiary/aromatic N) is 2. The molecule has 118 valence electrons. The Labute approximate surface area is 137 Å². The summed E-state index contributed by atoms with van der Waals surface area (Å²) in [5.74, 6) is -0.753. The zero-order valence-corrected chi connectivity index (χ0v) is 12.7. The van der Waals surface area contributed by atoms with Crippen LogP contribution >= 0.6 is 0 Å². The van der Waals surface area contributed by atoms with Crippen LogP contribution in [-0.4, -0.2) is 14.7 Å². The highest BCUT2D eigenvalue weighted by molar-refractivity contribution is 5.95. The molecule has 0 radical (unpaired) electrons. The van der Waals surface area contributed by atoms with Crippen LogP contribution in [0.15, 0.2) is 76.4 Å². The summed E-state index contributed by atoms with van der Waals surface area (Å²) in [4.78, 5) is 15.8. The van der Waals surface area contributed by atoms with Gasteiger partial charge in [-0.3, -0.25) is 4.98 Å². The van der Waals surface area contributed by atoms with Gasteiger partial charge in [-0.05, 0) is 16.5 Å². The number of pyridine rings is 1. The van der Waals surface area contributed by atoms with Gasteiger partial charge in [0.25, 0.3) is 0 Å². The molecule has 24 heavy (non-hydrogen) atoms. The van der Waals surface area contributed by atoms with Gasteiger partial charge in [0.1, 0.15) is 0 Å². The van der Waals surface area contributed by atoms with Crippen molar-refractivity contribution < 1.29 is 9.52 Å². The minimum absolute atomic E-state index is 0.178. The number of fused-ring (bicyclic) bond motifs is 1. The van der Waals surface area contributed by atoms with Gasteiger partial charge in [-0.2, -0.15) is 0 Å². The van der Waals surface area contributed by atoms with Gasteiger partial charge in [0.2, 0.25) is 5.88 Å². The molecular formula is C19H14N2O3. The molecule has 0 aliphatic rings. The largest absolute Gasteiger partial charge is 0.492 e. The lowest BCUT2D eigenvalue weighted by atomic mass is 10.00. The van der Waals surface area contributed by atoms with E-state index in [0.29, 0.717) is 0 Å². The van der Waals surface area contributed by atoms with E-state index in [-0.39, 0.29) is 12.4 Å². The summed E-state index contributed by atoms with van der Waals surface area (Å²) in [6, 6.07) is 15.9. The quantitative estimate of drug-likeness (QED) is 0.628. The first kappa shape index (κ1) is 14.3. The molecule has 0 amide bonds. The van der Waals surface area contributed by atoms with Crippen LogP contribution in [0.1, 0.15) is 5.56 Å². The van der Waals surface area contributed by atoms with Gasteiger partial charge >= 0.3 is 5.76 Å². The average Bonchev–Trinajstić information content (AvgIpc) is 2.94. The molecule has 0 saturated carbocycles. The van der Waals surface area contributed by atoms with Crippen molar-refractivity contribution >= 4 is 10.8 Å². The van der Waals surface area contributed by atoms with E-state index in [1.165, 1.54) is 4.57 Å². The first-order valence-corrected chi connectivity index (χ1v) is 7.52. The van der Waals surface area contributed by atoms with Crippen molar-refractivity contribution in [3.63, 3.8) is 0 Å². The number of hydrogen-bond acceptors (Lipinski definition) is 4. The molecule has 0 unspecified atom stereocenters. The lowest BCUT2D eigenvalue weighted by molar-refractivity contribution is 0.421. The monoisotopic (exact) mass is 318 g/mol. The van der Waals surface area contributed by atoms with E-state index in [1.54, 1.807) is 0 Å². The molecule has 0 atom stereocenters. The normalized spacial score (nSPS) is 11.0. The number of hydrogen-bond donors (Lipinski definition) is 1. The van der Waals surface area contributed by atoms with E-state index in [2.05, 4.69) is 15.5 Å². The molecule has 0 spiro atoms. The number of aromatic nitrogens is 2. The lowest BCUT2D eigenvalue weighted by Gasteiger charge is -2.08. The smallest absolute Gasteiger partial charge is 0.422 e. The summed E-state index contributed by atoms with van der Waals surface area (Å²) < 4.78 is 5.83. The van der Waals surface area contributed by atoms with E-state index in [9.17, 15) is 9.90 Å². The fraction of sp³-hybridized carbons (Fsp3) is 0.0526. The number of aromatic hydroxyl groups is 1. The summed E-state index contributed by atoms with van der Waals surface area (Å²) in [5.41, 5.74) is 3.00. The van der Waals surface area contributed by atoms with Crippen molar-refractivity contribution in [2.45, 2.75) is 6.54 Å². The highest BCUT2D eigenvalue weighted by atomic mass is 16.4. The Bertz CT molecular complexity index is 1060. The predicted octanol–water partition coefficient (Wildman–Crippen LogP) is 3.41. The van der Waals surface area contributed by atoms with Gasteiger partial charge < -0.3 is 9.52 Å². The molecule has 5 heteroatoms. The lowest BCUT2D eigenvalue weighted by Crippen LogP contribution is -2.14. The van der Waals surface area contributed by atoms with E-state index >= 15 is 0 Å². The van der Waals surface area contributed by atoms with Crippen molar-refractivity contribution in [1.29, 1.82) is 0 Å². The summed E-state index contributed by atoms with van der Waals surface area (Å²) in [5, 5.41) is 11.8. The minimum Gasteiger partial charge on any atom is -0.492 e. The third-order valence-electron chi connectivity index (χ3n) is 4.04. The maximum absolute atomic E-state index is 11.5. The zero-order valence-electron chi connectivity index (χ0n) is 12.7. The second-order valence-electron chi connectivity index (χ2n) is 5.55. The topological polar surface area (TPSA) is 68.3 Å². The van der Waals surface area contributed by atoms with Crippen LogP contribution in [0.2, 0.25) is 0 Å². The Morgan fingerprint density at radius 1 is 1.04 bits per heavy atom. The molecule has 0 aliphatic carbocycles. The molecule has 0 fully saturated rings. The maximum atomic E-state index is 11.5. The Morgan fingerprint density at radius 3 is 2.58 bits per heavy atom. The second-order valence-corrected chi connectivity index (χ2v) is 5.55. The fourth-order valence-electron chi connectivity index (χ4n) is 2.79. The van der Waals surface area contributed by atoms with Crippen LogP contribution in [0.5, 0.6) is 5.88 Å². The molecule has 4 aromatic rings. The van der Waals surface area contributed by atoms with Gasteiger partial charge in [-0.15, -0.1) is 0 Å². The number of rotatable bonds is 3. The predicted molar refractivity (Wildman–Crippen MR) is 90.9 cm³/mol. The third-order valence-corrected chi connectivity index (χ3v) is 4.04. The third kappa shape index (κ3) is 2.46. The molecule has 0 saturated heterocycles. The summed E-state index contributed by atoms with van der Waals surface area (Å²) in [7, 11) is 0. The first-order chi connectivity index (χ1) is 11.7. The zero-order chi connectivity index (χ0) is 16.5. The molecule has 1 N–H and O–H groups in total. The van der Waals surface area contributed by atoms with Gasteiger partial charge in [0, 0.05) is 23.3 Å². The maximum Gasteiger partial charge on any atom is 0.422 e. The fourth-order valence-corrected chi connectivity index (χ4v) is 2.79. The Balaban J connectivity index is 1.70. The SMILES string of the molecule is O=c1occ(O)n1Cc1ccc(-c2cncc3ccccc23)cc1. The Kier molecular flexibility index (Phi) is 3.39. The van der Waals surface area contributed by atoms with E-state index in [1.807, 2.05) is 54.9 Å². The molecule has 5 nitrogen and oxygen atoms in total. The average molecular weight is 318 g/mol. The summed E-state index contributed by atoms with van der Waals surface area (Å²) in [6.07, 6.45) is 4.74. The van der Waals surface area contributed by atoms with Crippen molar-refractivity contribution in [1.82, 2.24) is 9.55 Å². The Hall–Kier alpha value is -3.34. The number of oxazole rings is 1. The van der Waals surface area contributed by atoms with E-state index < -0.39 is 5.76 Å². The molecule has 2 heterocycles. The van der Waals surface area contributed by atoms with Crippen molar-refractivity contribution in [2.24, 2.45) is 0 Å². The summed E-state index contributed by atoms with van der Waals surface area (Å²) >= 11 is 0. The van der Waals surface area contributed by atoms with Gasteiger partial charge in [0.15, 0.2) is 6.26 Å². The van der Waals surface area contributed by atoms with Crippen molar-refractivity contribution in [2.75, 3.05) is 0 Å². The highest BCUT2D eigenvalue weighted by Gasteiger charge is 2.08. The summed E-state index contributed by atoms with van der Waals surface area (Å²) in [6.45, 7) is 0.259.